The average Bonchev–Trinajstić information content (AvgIpc) is 3.37. The monoisotopic (exact) mass is 434 g/mol. The van der Waals surface area contributed by atoms with Gasteiger partial charge in [0.05, 0.1) is 4.90 Å². The van der Waals surface area contributed by atoms with Crippen molar-refractivity contribution < 1.29 is 13.2 Å². The molecule has 3 rings (SSSR count). The second-order valence-electron chi connectivity index (χ2n) is 8.04. The number of hydrogen-bond acceptors (Lipinski definition) is 4. The predicted molar refractivity (Wildman–Crippen MR) is 120 cm³/mol. The SMILES string of the molecule is CCN(CC)S(=O)(=O)c1ccc2c(c1)cc(C(=O)NCCC(C)N1CCCC1)n2C. The first-order valence-corrected chi connectivity index (χ1v) is 12.4. The second-order valence-corrected chi connectivity index (χ2v) is 9.97. The Bertz CT molecular complexity index is 989. The number of likely N-dealkylation sites (tertiary alicyclic amines) is 1. The summed E-state index contributed by atoms with van der Waals surface area (Å²) >= 11 is 0. The minimum atomic E-state index is -3.53. The van der Waals surface area contributed by atoms with Crippen LogP contribution in [0.2, 0.25) is 0 Å². The molecular weight excluding hydrogens is 400 g/mol. The van der Waals surface area contributed by atoms with Crippen LogP contribution in [0.25, 0.3) is 10.9 Å². The molecule has 0 saturated carbocycles. The van der Waals surface area contributed by atoms with Crippen LogP contribution in [0.15, 0.2) is 29.2 Å². The van der Waals surface area contributed by atoms with Gasteiger partial charge in [-0.3, -0.25) is 4.79 Å². The van der Waals surface area contributed by atoms with Crippen LogP contribution in [-0.2, 0) is 17.1 Å². The van der Waals surface area contributed by atoms with E-state index < -0.39 is 10.0 Å². The Kier molecular flexibility index (Phi) is 7.21. The van der Waals surface area contributed by atoms with Crippen LogP contribution < -0.4 is 5.32 Å². The molecule has 1 aromatic carbocycles. The fourth-order valence-electron chi connectivity index (χ4n) is 4.27. The van der Waals surface area contributed by atoms with Gasteiger partial charge in [-0.2, -0.15) is 4.31 Å². The summed E-state index contributed by atoms with van der Waals surface area (Å²) in [5.41, 5.74) is 1.38. The summed E-state index contributed by atoms with van der Waals surface area (Å²) in [5, 5.41) is 3.77. The number of nitrogens with zero attached hydrogens (tertiary/aromatic N) is 3. The molecule has 0 spiro atoms. The summed E-state index contributed by atoms with van der Waals surface area (Å²) < 4.78 is 28.9. The van der Waals surface area contributed by atoms with Crippen LogP contribution in [0.1, 0.15) is 50.5 Å². The predicted octanol–water partition coefficient (Wildman–Crippen LogP) is 2.81. The smallest absolute Gasteiger partial charge is 0.267 e. The van der Waals surface area contributed by atoms with E-state index in [-0.39, 0.29) is 10.8 Å². The van der Waals surface area contributed by atoms with Gasteiger partial charge in [0.25, 0.3) is 5.91 Å². The van der Waals surface area contributed by atoms with Crippen molar-refractivity contribution in [2.45, 2.75) is 51.0 Å². The van der Waals surface area contributed by atoms with Gasteiger partial charge < -0.3 is 14.8 Å². The topological polar surface area (TPSA) is 74.7 Å². The van der Waals surface area contributed by atoms with Crippen molar-refractivity contribution in [2.75, 3.05) is 32.7 Å². The molecule has 8 heteroatoms. The number of carbonyl (C=O) groups is 1. The summed E-state index contributed by atoms with van der Waals surface area (Å²) in [4.78, 5) is 15.5. The Balaban J connectivity index is 1.73. The van der Waals surface area contributed by atoms with Crippen molar-refractivity contribution in [3.63, 3.8) is 0 Å². The minimum absolute atomic E-state index is 0.129. The van der Waals surface area contributed by atoms with Gasteiger partial charge in [-0.05, 0) is 63.5 Å². The third-order valence-electron chi connectivity index (χ3n) is 6.20. The number of sulfonamides is 1. The molecule has 1 aliphatic heterocycles. The number of rotatable bonds is 9. The van der Waals surface area contributed by atoms with Gasteiger partial charge in [0, 0.05) is 43.6 Å². The van der Waals surface area contributed by atoms with E-state index in [1.165, 1.54) is 17.1 Å². The van der Waals surface area contributed by atoms with Gasteiger partial charge >= 0.3 is 0 Å². The summed E-state index contributed by atoms with van der Waals surface area (Å²) in [6.45, 7) is 9.65. The van der Waals surface area contributed by atoms with Gasteiger partial charge in [0.1, 0.15) is 5.69 Å². The molecule has 0 bridgehead atoms. The summed E-state index contributed by atoms with van der Waals surface area (Å²) in [5.74, 6) is -0.129. The first-order chi connectivity index (χ1) is 14.3. The molecule has 166 valence electrons. The molecule has 0 radical (unpaired) electrons. The molecule has 0 aliphatic carbocycles. The highest BCUT2D eigenvalue weighted by Crippen LogP contribution is 2.24. The van der Waals surface area contributed by atoms with Crippen molar-refractivity contribution in [1.82, 2.24) is 19.1 Å². The van der Waals surface area contributed by atoms with Crippen molar-refractivity contribution in [3.05, 3.63) is 30.0 Å². The summed E-state index contributed by atoms with van der Waals surface area (Å²) in [6.07, 6.45) is 3.44. The maximum Gasteiger partial charge on any atom is 0.267 e. The average molecular weight is 435 g/mol. The zero-order valence-corrected chi connectivity index (χ0v) is 19.3. The highest BCUT2D eigenvalue weighted by molar-refractivity contribution is 7.89. The first kappa shape index (κ1) is 22.8. The molecule has 2 aromatic rings. The van der Waals surface area contributed by atoms with Crippen LogP contribution >= 0.6 is 0 Å². The standard InChI is InChI=1S/C22H34N4O3S/c1-5-26(6-2)30(28,29)19-9-10-20-18(15-19)16-21(24(20)4)22(27)23-12-11-17(3)25-13-7-8-14-25/h9-10,15-17H,5-8,11-14H2,1-4H3,(H,23,27). The van der Waals surface area contributed by atoms with E-state index in [1.807, 2.05) is 25.5 Å². The zero-order chi connectivity index (χ0) is 21.9. The maximum atomic E-state index is 12.8. The molecule has 1 amide bonds. The number of nitrogens with one attached hydrogen (secondary N) is 1. The van der Waals surface area contributed by atoms with Crippen molar-refractivity contribution >= 4 is 26.8 Å². The van der Waals surface area contributed by atoms with E-state index in [2.05, 4.69) is 17.1 Å². The van der Waals surface area contributed by atoms with Crippen molar-refractivity contribution in [3.8, 4) is 0 Å². The van der Waals surface area contributed by atoms with Gasteiger partial charge in [-0.1, -0.05) is 13.8 Å². The van der Waals surface area contributed by atoms with Crippen LogP contribution in [0.5, 0.6) is 0 Å². The molecule has 1 unspecified atom stereocenters. The van der Waals surface area contributed by atoms with Gasteiger partial charge in [0.15, 0.2) is 0 Å². The molecular formula is C22H34N4O3S. The number of aromatic nitrogens is 1. The summed E-state index contributed by atoms with van der Waals surface area (Å²) in [6, 6.07) is 7.30. The molecule has 1 aliphatic rings. The maximum absolute atomic E-state index is 12.8. The number of benzene rings is 1. The van der Waals surface area contributed by atoms with E-state index in [0.717, 1.165) is 30.4 Å². The lowest BCUT2D eigenvalue weighted by Crippen LogP contribution is -2.34. The van der Waals surface area contributed by atoms with Gasteiger partial charge in [-0.15, -0.1) is 0 Å². The lowest BCUT2D eigenvalue weighted by molar-refractivity contribution is 0.0941. The number of hydrogen-bond donors (Lipinski definition) is 1. The largest absolute Gasteiger partial charge is 0.351 e. The third-order valence-corrected chi connectivity index (χ3v) is 8.25. The molecule has 1 N–H and O–H groups in total. The fourth-order valence-corrected chi connectivity index (χ4v) is 5.76. The van der Waals surface area contributed by atoms with E-state index in [4.69, 9.17) is 0 Å². The van der Waals surface area contributed by atoms with Crippen LogP contribution in [0.3, 0.4) is 0 Å². The van der Waals surface area contributed by atoms with Crippen LogP contribution in [0, 0.1) is 0 Å². The Morgan fingerprint density at radius 2 is 1.83 bits per heavy atom. The molecule has 2 heterocycles. The lowest BCUT2D eigenvalue weighted by Gasteiger charge is -2.23. The van der Waals surface area contributed by atoms with Crippen LogP contribution in [-0.4, -0.2) is 66.9 Å². The molecule has 1 fully saturated rings. The third kappa shape index (κ3) is 4.55. The molecule has 1 aromatic heterocycles. The summed E-state index contributed by atoms with van der Waals surface area (Å²) in [7, 11) is -1.69. The highest BCUT2D eigenvalue weighted by atomic mass is 32.2. The normalized spacial score (nSPS) is 16.4. The van der Waals surface area contributed by atoms with Crippen molar-refractivity contribution in [2.24, 2.45) is 7.05 Å². The van der Waals surface area contributed by atoms with E-state index in [0.29, 0.717) is 31.4 Å². The molecule has 1 atom stereocenters. The second kappa shape index (κ2) is 9.49. The Labute approximate surface area is 180 Å². The fraction of sp³-hybridized carbons (Fsp3) is 0.591. The molecule has 1 saturated heterocycles. The number of amides is 1. The Hall–Kier alpha value is -1.90. The zero-order valence-electron chi connectivity index (χ0n) is 18.5. The van der Waals surface area contributed by atoms with E-state index in [1.54, 1.807) is 24.3 Å². The number of aryl methyl sites for hydroxylation is 1. The number of carbonyl (C=O) groups excluding carboxylic acids is 1. The minimum Gasteiger partial charge on any atom is -0.351 e. The Morgan fingerprint density at radius 1 is 1.17 bits per heavy atom. The van der Waals surface area contributed by atoms with Crippen LogP contribution in [0.4, 0.5) is 0 Å². The Morgan fingerprint density at radius 3 is 2.47 bits per heavy atom. The lowest BCUT2D eigenvalue weighted by atomic mass is 10.2. The van der Waals surface area contributed by atoms with E-state index >= 15 is 0 Å². The number of fused-ring (bicyclic) bond motifs is 1. The molecule has 7 nitrogen and oxygen atoms in total. The quantitative estimate of drug-likeness (QED) is 0.659. The van der Waals surface area contributed by atoms with Gasteiger partial charge in [0.2, 0.25) is 10.0 Å². The molecule has 30 heavy (non-hydrogen) atoms. The first-order valence-electron chi connectivity index (χ1n) is 10.9. The van der Waals surface area contributed by atoms with E-state index in [9.17, 15) is 13.2 Å². The highest BCUT2D eigenvalue weighted by Gasteiger charge is 2.23. The van der Waals surface area contributed by atoms with Crippen molar-refractivity contribution in [1.29, 1.82) is 0 Å². The van der Waals surface area contributed by atoms with Gasteiger partial charge in [-0.25, -0.2) is 8.42 Å².